The Labute approximate surface area is 178 Å². The third kappa shape index (κ3) is 5.28. The molecule has 7 nitrogen and oxygen atoms in total. The van der Waals surface area contributed by atoms with Gasteiger partial charge >= 0.3 is 0 Å². The monoisotopic (exact) mass is 430 g/mol. The molecule has 0 spiro atoms. The molecule has 0 saturated heterocycles. The third-order valence-corrected chi connectivity index (χ3v) is 4.45. The van der Waals surface area contributed by atoms with Crippen LogP contribution in [0.3, 0.4) is 0 Å². The lowest BCUT2D eigenvalue weighted by Crippen LogP contribution is -2.23. The predicted molar refractivity (Wildman–Crippen MR) is 119 cm³/mol. The van der Waals surface area contributed by atoms with Crippen LogP contribution in [-0.4, -0.2) is 28.5 Å². The Balaban J connectivity index is 1.79. The number of amidine groups is 1. The number of hydrogen-bond donors (Lipinski definition) is 2. The summed E-state index contributed by atoms with van der Waals surface area (Å²) < 4.78 is 7.39. The van der Waals surface area contributed by atoms with Gasteiger partial charge in [0.1, 0.15) is 11.6 Å². The molecule has 150 valence electrons. The summed E-state index contributed by atoms with van der Waals surface area (Å²) in [5.74, 6) is 1.29. The molecule has 2 aromatic carbocycles. The van der Waals surface area contributed by atoms with Crippen molar-refractivity contribution in [1.29, 1.82) is 0 Å². The van der Waals surface area contributed by atoms with Crippen LogP contribution in [-0.2, 0) is 0 Å². The molecule has 0 aliphatic rings. The van der Waals surface area contributed by atoms with Gasteiger partial charge in [-0.3, -0.25) is 0 Å². The summed E-state index contributed by atoms with van der Waals surface area (Å²) in [5, 5.41) is 4.01. The summed E-state index contributed by atoms with van der Waals surface area (Å²) in [6, 6.07) is 10.7. The van der Waals surface area contributed by atoms with Gasteiger partial charge in [-0.25, -0.2) is 15.0 Å². The Bertz CT molecular complexity index is 1090. The van der Waals surface area contributed by atoms with E-state index in [0.29, 0.717) is 27.3 Å². The summed E-state index contributed by atoms with van der Waals surface area (Å²) in [5.41, 5.74) is 9.08. The van der Waals surface area contributed by atoms with Gasteiger partial charge in [0.05, 0.1) is 35.5 Å². The molecule has 0 unspecified atom stereocenters. The number of anilines is 1. The van der Waals surface area contributed by atoms with Crippen LogP contribution in [0.1, 0.15) is 12.6 Å². The number of hydrogen-bond acceptors (Lipinski definition) is 3. The van der Waals surface area contributed by atoms with Gasteiger partial charge in [0.2, 0.25) is 0 Å². The van der Waals surface area contributed by atoms with Crippen molar-refractivity contribution in [2.75, 3.05) is 12.4 Å². The molecule has 0 saturated carbocycles. The van der Waals surface area contributed by atoms with E-state index in [1.54, 1.807) is 38.6 Å². The Hall–Kier alpha value is -3.03. The number of guanidine groups is 1. The number of nitrogens with one attached hydrogen (secondary N) is 1. The number of aryl methyl sites for hydroxylation is 1. The van der Waals surface area contributed by atoms with E-state index in [4.69, 9.17) is 33.7 Å². The van der Waals surface area contributed by atoms with Crippen LogP contribution in [0.5, 0.6) is 5.75 Å². The van der Waals surface area contributed by atoms with Crippen molar-refractivity contribution in [2.45, 2.75) is 13.8 Å². The highest BCUT2D eigenvalue weighted by Gasteiger charge is 2.08. The standard InChI is InChI=1S/C20H20Cl2N6O/c1-12-10-28(11-24-12)18-7-5-15(9-19(18)29-3)27-20(23)26-13(2)25-17-6-4-14(21)8-16(17)22/h4-11H,1-3H3,(H3,23,25,26,27). The van der Waals surface area contributed by atoms with Gasteiger partial charge in [0, 0.05) is 23.0 Å². The smallest absolute Gasteiger partial charge is 0.199 e. The van der Waals surface area contributed by atoms with E-state index in [9.17, 15) is 0 Å². The van der Waals surface area contributed by atoms with Gasteiger partial charge in [-0.1, -0.05) is 23.2 Å². The fourth-order valence-corrected chi connectivity index (χ4v) is 3.09. The first-order chi connectivity index (χ1) is 13.9. The summed E-state index contributed by atoms with van der Waals surface area (Å²) in [6.07, 6.45) is 3.65. The second-order valence-corrected chi connectivity index (χ2v) is 7.03. The summed E-state index contributed by atoms with van der Waals surface area (Å²) in [6.45, 7) is 3.65. The summed E-state index contributed by atoms with van der Waals surface area (Å²) in [4.78, 5) is 12.9. The minimum atomic E-state index is 0.185. The Morgan fingerprint density at radius 2 is 2.00 bits per heavy atom. The number of imidazole rings is 1. The Kier molecular flexibility index (Phi) is 6.41. The van der Waals surface area contributed by atoms with Crippen molar-refractivity contribution >= 4 is 46.4 Å². The first-order valence-corrected chi connectivity index (χ1v) is 9.42. The average Bonchev–Trinajstić information content (AvgIpc) is 3.10. The molecule has 1 heterocycles. The minimum Gasteiger partial charge on any atom is -0.494 e. The van der Waals surface area contributed by atoms with Gasteiger partial charge in [-0.05, 0) is 44.2 Å². The molecule has 3 N–H and O–H groups in total. The number of nitrogens with two attached hydrogens (primary N) is 1. The topological polar surface area (TPSA) is 89.8 Å². The number of nitrogens with zero attached hydrogens (tertiary/aromatic N) is 4. The van der Waals surface area contributed by atoms with E-state index < -0.39 is 0 Å². The number of methoxy groups -OCH3 is 1. The number of halogens is 2. The van der Waals surface area contributed by atoms with Crippen LogP contribution < -0.4 is 15.8 Å². The van der Waals surface area contributed by atoms with Crippen LogP contribution >= 0.6 is 23.2 Å². The number of benzene rings is 2. The quantitative estimate of drug-likeness (QED) is 0.451. The lowest BCUT2D eigenvalue weighted by atomic mass is 10.2. The summed E-state index contributed by atoms with van der Waals surface area (Å²) in [7, 11) is 1.61. The SMILES string of the molecule is COc1cc(NC(N)=NC(C)=Nc2ccc(Cl)cc2Cl)ccc1-n1cnc(C)c1. The second-order valence-electron chi connectivity index (χ2n) is 6.19. The van der Waals surface area contributed by atoms with Gasteiger partial charge in [-0.2, -0.15) is 0 Å². The van der Waals surface area contributed by atoms with Crippen LogP contribution in [0.15, 0.2) is 58.9 Å². The molecule has 1 aromatic heterocycles. The third-order valence-electron chi connectivity index (χ3n) is 3.92. The van der Waals surface area contributed by atoms with Gasteiger partial charge < -0.3 is 20.4 Å². The maximum absolute atomic E-state index is 6.13. The highest BCUT2D eigenvalue weighted by atomic mass is 35.5. The molecule has 3 aromatic rings. The van der Waals surface area contributed by atoms with Crippen molar-refractivity contribution in [2.24, 2.45) is 15.7 Å². The van der Waals surface area contributed by atoms with Crippen molar-refractivity contribution in [3.63, 3.8) is 0 Å². The number of aromatic nitrogens is 2. The minimum absolute atomic E-state index is 0.185. The Morgan fingerprint density at radius 3 is 2.66 bits per heavy atom. The molecule has 0 radical (unpaired) electrons. The first kappa shape index (κ1) is 20.7. The van der Waals surface area contributed by atoms with Crippen LogP contribution in [0, 0.1) is 6.92 Å². The van der Waals surface area contributed by atoms with Crippen molar-refractivity contribution in [1.82, 2.24) is 9.55 Å². The molecule has 0 aliphatic heterocycles. The van der Waals surface area contributed by atoms with Crippen molar-refractivity contribution in [3.05, 3.63) is 64.7 Å². The molecule has 3 rings (SSSR count). The maximum Gasteiger partial charge on any atom is 0.199 e. The normalized spacial score (nSPS) is 12.2. The van der Waals surface area contributed by atoms with Gasteiger partial charge in [0.15, 0.2) is 5.96 Å². The van der Waals surface area contributed by atoms with E-state index >= 15 is 0 Å². The Morgan fingerprint density at radius 1 is 1.21 bits per heavy atom. The molecular formula is C20H20Cl2N6O. The first-order valence-electron chi connectivity index (χ1n) is 8.66. The molecular weight excluding hydrogens is 411 g/mol. The molecule has 29 heavy (non-hydrogen) atoms. The second kappa shape index (κ2) is 8.98. The molecule has 0 bridgehead atoms. The molecule has 0 aliphatic carbocycles. The van der Waals surface area contributed by atoms with Crippen LogP contribution in [0.4, 0.5) is 11.4 Å². The predicted octanol–water partition coefficient (Wildman–Crippen LogP) is 4.97. The zero-order valence-corrected chi connectivity index (χ0v) is 17.7. The van der Waals surface area contributed by atoms with Crippen LogP contribution in [0.25, 0.3) is 5.69 Å². The van der Waals surface area contributed by atoms with Crippen molar-refractivity contribution < 1.29 is 4.74 Å². The molecule has 0 atom stereocenters. The zero-order valence-electron chi connectivity index (χ0n) is 16.1. The highest BCUT2D eigenvalue weighted by molar-refractivity contribution is 6.36. The van der Waals surface area contributed by atoms with Gasteiger partial charge in [-0.15, -0.1) is 0 Å². The number of rotatable bonds is 4. The number of ether oxygens (including phenoxy) is 1. The fraction of sp³-hybridized carbons (Fsp3) is 0.150. The molecule has 9 heteroatoms. The van der Waals surface area contributed by atoms with E-state index in [-0.39, 0.29) is 5.96 Å². The van der Waals surface area contributed by atoms with Crippen LogP contribution in [0.2, 0.25) is 10.0 Å². The maximum atomic E-state index is 6.13. The summed E-state index contributed by atoms with van der Waals surface area (Å²) >= 11 is 12.0. The molecule has 0 amide bonds. The van der Waals surface area contributed by atoms with E-state index in [1.807, 2.05) is 35.9 Å². The van der Waals surface area contributed by atoms with E-state index in [2.05, 4.69) is 20.3 Å². The molecule has 0 fully saturated rings. The van der Waals surface area contributed by atoms with Crippen molar-refractivity contribution in [3.8, 4) is 11.4 Å². The van der Waals surface area contributed by atoms with Gasteiger partial charge in [0.25, 0.3) is 0 Å². The lowest BCUT2D eigenvalue weighted by Gasteiger charge is -2.12. The lowest BCUT2D eigenvalue weighted by molar-refractivity contribution is 0.413. The zero-order chi connectivity index (χ0) is 21.0. The number of aliphatic imine (C=N–C) groups is 2. The highest BCUT2D eigenvalue weighted by Crippen LogP contribution is 2.28. The van der Waals surface area contributed by atoms with E-state index in [1.165, 1.54) is 0 Å². The largest absolute Gasteiger partial charge is 0.494 e. The average molecular weight is 431 g/mol. The fourth-order valence-electron chi connectivity index (χ4n) is 2.64. The van der Waals surface area contributed by atoms with E-state index in [0.717, 1.165) is 17.1 Å².